The average molecular weight is 448 g/mol. The Morgan fingerprint density at radius 3 is 1.12 bits per heavy atom. The lowest BCUT2D eigenvalue weighted by Crippen LogP contribution is -2.20. The predicted molar refractivity (Wildman–Crippen MR) is 151 cm³/mol. The molecule has 3 aromatic carbocycles. The van der Waals surface area contributed by atoms with Crippen molar-refractivity contribution >= 4 is 23.8 Å². The van der Waals surface area contributed by atoms with Gasteiger partial charge in [-0.3, -0.25) is 0 Å². The van der Waals surface area contributed by atoms with Crippen molar-refractivity contribution < 1.29 is 0 Å². The quantitative estimate of drug-likeness (QED) is 0.329. The Labute approximate surface area is 199 Å². The molecule has 0 aliphatic rings. The molecular formula is C30H42NP. The minimum Gasteiger partial charge on any atom is -0.404 e. The predicted octanol–water partition coefficient (Wildman–Crippen LogP) is 7.40. The van der Waals surface area contributed by atoms with Gasteiger partial charge in [-0.15, -0.1) is 5.92 Å². The topological polar surface area (TPSA) is 26.0 Å². The fraction of sp³-hybridized carbons (Fsp3) is 0.267. The first-order valence-electron chi connectivity index (χ1n) is 11.5. The van der Waals surface area contributed by atoms with E-state index in [9.17, 15) is 0 Å². The second-order valence-electron chi connectivity index (χ2n) is 5.80. The van der Waals surface area contributed by atoms with Crippen molar-refractivity contribution in [3.05, 3.63) is 103 Å². The highest BCUT2D eigenvalue weighted by molar-refractivity contribution is 7.79. The fourth-order valence-corrected chi connectivity index (χ4v) is 4.62. The molecule has 0 radical (unpaired) electrons. The molecule has 0 saturated carbocycles. The van der Waals surface area contributed by atoms with Gasteiger partial charge in [-0.1, -0.05) is 145 Å². The number of nitrogens with two attached hydrogens (primary N) is 1. The largest absolute Gasteiger partial charge is 0.404 e. The third kappa shape index (κ3) is 14.2. The lowest BCUT2D eigenvalue weighted by molar-refractivity contribution is 1.09. The summed E-state index contributed by atoms with van der Waals surface area (Å²) in [7, 11) is -0.446. The number of benzene rings is 3. The van der Waals surface area contributed by atoms with Crippen molar-refractivity contribution in [3.8, 4) is 11.8 Å². The molecule has 3 aromatic rings. The Morgan fingerprint density at radius 1 is 0.656 bits per heavy atom. The molecule has 0 fully saturated rings. The van der Waals surface area contributed by atoms with Crippen molar-refractivity contribution in [2.24, 2.45) is 5.73 Å². The van der Waals surface area contributed by atoms with E-state index >= 15 is 0 Å². The van der Waals surface area contributed by atoms with Gasteiger partial charge in [0.05, 0.1) is 0 Å². The van der Waals surface area contributed by atoms with Crippen LogP contribution in [-0.4, -0.2) is 0 Å². The molecule has 0 amide bonds. The summed E-state index contributed by atoms with van der Waals surface area (Å²) in [5.41, 5.74) is 4.93. The molecule has 0 aliphatic carbocycles. The Morgan fingerprint density at radius 2 is 0.938 bits per heavy atom. The van der Waals surface area contributed by atoms with Gasteiger partial charge in [-0.2, -0.15) is 0 Å². The molecule has 0 heterocycles. The van der Waals surface area contributed by atoms with Gasteiger partial charge in [-0.25, -0.2) is 0 Å². The smallest absolute Gasteiger partial charge is 0.00361 e. The van der Waals surface area contributed by atoms with E-state index in [4.69, 9.17) is 5.73 Å². The van der Waals surface area contributed by atoms with Crippen molar-refractivity contribution in [1.82, 2.24) is 0 Å². The SMILES string of the molecule is CC.CC.CC#C/C=C/N.CCC.c1ccc(P(c2ccccc2)c2ccccc2)cc1. The van der Waals surface area contributed by atoms with Crippen LogP contribution in [0.4, 0.5) is 0 Å². The summed E-state index contributed by atoms with van der Waals surface area (Å²) in [5, 5.41) is 4.19. The van der Waals surface area contributed by atoms with Crippen molar-refractivity contribution in [2.45, 2.75) is 54.9 Å². The molecule has 0 bridgehead atoms. The molecule has 172 valence electrons. The van der Waals surface area contributed by atoms with Gasteiger partial charge in [0.15, 0.2) is 0 Å². The highest BCUT2D eigenvalue weighted by Gasteiger charge is 2.14. The normalized spacial score (nSPS) is 8.62. The van der Waals surface area contributed by atoms with Gasteiger partial charge in [0.2, 0.25) is 0 Å². The number of rotatable bonds is 3. The Kier molecular flexibility index (Phi) is 24.0. The van der Waals surface area contributed by atoms with E-state index in [1.54, 1.807) is 13.0 Å². The maximum absolute atomic E-state index is 4.93. The molecule has 0 saturated heterocycles. The summed E-state index contributed by atoms with van der Waals surface area (Å²) in [6, 6.07) is 32.3. The minimum atomic E-state index is -0.446. The standard InChI is InChI=1S/C18H15P.C5H7N.C3H8.2C2H6/c1-4-10-16(11-5-1)19(17-12-6-2-7-13-17)18-14-8-3-9-15-18;1-2-3-4-5-6;1-3-2;2*1-2/h1-15H;4-5H,6H2,1H3;3H2,1-2H3;2*1-2H3/b;5-4+;;;. The average Bonchev–Trinajstić information content (AvgIpc) is 2.88. The van der Waals surface area contributed by atoms with Crippen LogP contribution in [0.15, 0.2) is 103 Å². The summed E-state index contributed by atoms with van der Waals surface area (Å²) < 4.78 is 0. The van der Waals surface area contributed by atoms with E-state index in [1.165, 1.54) is 28.5 Å². The highest BCUT2D eigenvalue weighted by Crippen LogP contribution is 2.32. The Hall–Kier alpha value is -2.81. The summed E-state index contributed by atoms with van der Waals surface area (Å²) in [5.74, 6) is 5.29. The third-order valence-corrected chi connectivity index (χ3v) is 5.81. The lowest BCUT2D eigenvalue weighted by Gasteiger charge is -2.18. The number of hydrogen-bond donors (Lipinski definition) is 1. The van der Waals surface area contributed by atoms with Crippen molar-refractivity contribution in [3.63, 3.8) is 0 Å². The molecule has 0 spiro atoms. The van der Waals surface area contributed by atoms with Crippen LogP contribution in [0.2, 0.25) is 0 Å². The molecule has 0 aromatic heterocycles. The van der Waals surface area contributed by atoms with Gasteiger partial charge >= 0.3 is 0 Å². The molecule has 3 rings (SSSR count). The summed E-state index contributed by atoms with van der Waals surface area (Å²) in [6.45, 7) is 14.0. The molecule has 0 unspecified atom stereocenters. The summed E-state index contributed by atoms with van der Waals surface area (Å²) >= 11 is 0. The van der Waals surface area contributed by atoms with Gasteiger partial charge in [-0.05, 0) is 30.8 Å². The minimum absolute atomic E-state index is 0.446. The zero-order chi connectivity index (χ0) is 24.5. The van der Waals surface area contributed by atoms with Gasteiger partial charge < -0.3 is 5.73 Å². The van der Waals surface area contributed by atoms with Crippen LogP contribution in [0.3, 0.4) is 0 Å². The van der Waals surface area contributed by atoms with Crippen LogP contribution in [0, 0.1) is 11.8 Å². The van der Waals surface area contributed by atoms with Gasteiger partial charge in [0.25, 0.3) is 0 Å². The van der Waals surface area contributed by atoms with Crippen molar-refractivity contribution in [1.29, 1.82) is 0 Å². The van der Waals surface area contributed by atoms with Gasteiger partial charge in [0, 0.05) is 12.3 Å². The Balaban J connectivity index is 0. The second kappa shape index (κ2) is 24.5. The monoisotopic (exact) mass is 447 g/mol. The highest BCUT2D eigenvalue weighted by atomic mass is 31.1. The molecular weight excluding hydrogens is 405 g/mol. The van der Waals surface area contributed by atoms with Crippen LogP contribution < -0.4 is 21.6 Å². The second-order valence-corrected chi connectivity index (χ2v) is 8.02. The van der Waals surface area contributed by atoms with E-state index in [0.29, 0.717) is 0 Å². The van der Waals surface area contributed by atoms with E-state index in [1.807, 2.05) is 27.7 Å². The third-order valence-electron chi connectivity index (χ3n) is 3.37. The summed E-state index contributed by atoms with van der Waals surface area (Å²) in [6.07, 6.45) is 4.26. The fourth-order valence-electron chi connectivity index (χ4n) is 2.31. The zero-order valence-corrected chi connectivity index (χ0v) is 21.9. The van der Waals surface area contributed by atoms with Crippen LogP contribution in [0.5, 0.6) is 0 Å². The number of allylic oxidation sites excluding steroid dienone is 1. The van der Waals surface area contributed by atoms with Crippen LogP contribution in [0.25, 0.3) is 0 Å². The first-order valence-corrected chi connectivity index (χ1v) is 12.9. The van der Waals surface area contributed by atoms with E-state index in [2.05, 4.69) is 117 Å². The molecule has 1 nitrogen and oxygen atoms in total. The van der Waals surface area contributed by atoms with E-state index < -0.39 is 7.92 Å². The lowest BCUT2D eigenvalue weighted by atomic mass is 10.4. The zero-order valence-electron chi connectivity index (χ0n) is 21.0. The maximum atomic E-state index is 4.93. The molecule has 32 heavy (non-hydrogen) atoms. The maximum Gasteiger partial charge on any atom is 0.00361 e. The van der Waals surface area contributed by atoms with Crippen LogP contribution >= 0.6 is 7.92 Å². The molecule has 2 heteroatoms. The molecule has 0 atom stereocenters. The first-order chi connectivity index (χ1) is 15.8. The summed E-state index contributed by atoms with van der Waals surface area (Å²) in [4.78, 5) is 0. The van der Waals surface area contributed by atoms with E-state index in [0.717, 1.165) is 0 Å². The van der Waals surface area contributed by atoms with E-state index in [-0.39, 0.29) is 0 Å². The van der Waals surface area contributed by atoms with Crippen LogP contribution in [-0.2, 0) is 0 Å². The van der Waals surface area contributed by atoms with Crippen LogP contribution in [0.1, 0.15) is 54.9 Å². The van der Waals surface area contributed by atoms with Gasteiger partial charge in [0.1, 0.15) is 0 Å². The molecule has 0 aliphatic heterocycles. The molecule has 2 N–H and O–H groups in total. The van der Waals surface area contributed by atoms with Crippen molar-refractivity contribution in [2.75, 3.05) is 0 Å². The number of hydrogen-bond acceptors (Lipinski definition) is 1. The first kappa shape index (κ1) is 31.4. The Bertz CT molecular complexity index is 738.